The van der Waals surface area contributed by atoms with Crippen LogP contribution in [0.25, 0.3) is 0 Å². The fourth-order valence-electron chi connectivity index (χ4n) is 2.40. The zero-order valence-electron chi connectivity index (χ0n) is 13.1. The lowest BCUT2D eigenvalue weighted by Crippen LogP contribution is -2.51. The predicted molar refractivity (Wildman–Crippen MR) is 88.5 cm³/mol. The summed E-state index contributed by atoms with van der Waals surface area (Å²) >= 11 is 1.87. The van der Waals surface area contributed by atoms with E-state index in [9.17, 15) is 4.79 Å². The van der Waals surface area contributed by atoms with Gasteiger partial charge in [-0.25, -0.2) is 0 Å². The highest BCUT2D eigenvalue weighted by Gasteiger charge is 2.38. The van der Waals surface area contributed by atoms with Gasteiger partial charge in [-0.3, -0.25) is 10.1 Å². The van der Waals surface area contributed by atoms with Gasteiger partial charge in [0.2, 0.25) is 0 Å². The highest BCUT2D eigenvalue weighted by molar-refractivity contribution is 7.98. The van der Waals surface area contributed by atoms with Gasteiger partial charge in [0, 0.05) is 11.8 Å². The van der Waals surface area contributed by atoms with Crippen LogP contribution >= 0.6 is 11.8 Å². The zero-order valence-corrected chi connectivity index (χ0v) is 14.0. The maximum atomic E-state index is 12.0. The Morgan fingerprint density at radius 1 is 1.48 bits per heavy atom. The molecule has 2 rings (SSSR count). The number of aryl methyl sites for hydroxylation is 1. The Morgan fingerprint density at radius 3 is 2.86 bits per heavy atom. The number of hydrogen-bond donors (Lipinski definition) is 1. The van der Waals surface area contributed by atoms with Crippen LogP contribution in [0.3, 0.4) is 0 Å². The van der Waals surface area contributed by atoms with E-state index >= 15 is 0 Å². The summed E-state index contributed by atoms with van der Waals surface area (Å²) in [5.74, 6) is 1.78. The molecule has 3 nitrogen and oxygen atoms in total. The molecule has 0 heterocycles. The molecule has 4 heteroatoms. The molecule has 1 N–H and O–H groups in total. The van der Waals surface area contributed by atoms with Crippen molar-refractivity contribution in [2.45, 2.75) is 50.4 Å². The Hall–Kier alpha value is -1.00. The second-order valence-corrected chi connectivity index (χ2v) is 7.14. The van der Waals surface area contributed by atoms with E-state index in [0.717, 1.165) is 17.9 Å². The third kappa shape index (κ3) is 5.04. The maximum Gasteiger partial charge on any atom is 0.325 e. The van der Waals surface area contributed by atoms with Gasteiger partial charge in [0.15, 0.2) is 0 Å². The number of thioether (sulfide) groups is 1. The Labute approximate surface area is 131 Å². The molecule has 1 aliphatic carbocycles. The van der Waals surface area contributed by atoms with E-state index in [1.165, 1.54) is 31.1 Å². The number of ether oxygens (including phenoxy) is 1. The summed E-state index contributed by atoms with van der Waals surface area (Å²) in [7, 11) is 1.47. The maximum absolute atomic E-state index is 12.0. The molecule has 0 saturated heterocycles. The number of carbonyl (C=O) groups excluding carboxylic acids is 1. The lowest BCUT2D eigenvalue weighted by Gasteiger charge is -2.28. The predicted octanol–water partition coefficient (Wildman–Crippen LogP) is 3.30. The van der Waals surface area contributed by atoms with Gasteiger partial charge in [-0.15, -0.1) is 0 Å². The van der Waals surface area contributed by atoms with E-state index in [0.29, 0.717) is 6.04 Å². The molecule has 0 aromatic heterocycles. The molecule has 1 fully saturated rings. The lowest BCUT2D eigenvalue weighted by molar-refractivity contribution is -0.148. The summed E-state index contributed by atoms with van der Waals surface area (Å²) in [6.07, 6.45) is 3.14. The van der Waals surface area contributed by atoms with Crippen molar-refractivity contribution >= 4 is 17.7 Å². The molecule has 21 heavy (non-hydrogen) atoms. The van der Waals surface area contributed by atoms with Crippen molar-refractivity contribution in [3.8, 4) is 0 Å². The van der Waals surface area contributed by atoms with Crippen LogP contribution in [-0.4, -0.2) is 30.4 Å². The normalized spacial score (nSPS) is 17.3. The highest BCUT2D eigenvalue weighted by atomic mass is 32.2. The fourth-order valence-corrected chi connectivity index (χ4v) is 3.52. The molecular weight excluding hydrogens is 282 g/mol. The Balaban J connectivity index is 1.80. The zero-order chi connectivity index (χ0) is 15.3. The quantitative estimate of drug-likeness (QED) is 0.591. The molecule has 1 aromatic rings. The van der Waals surface area contributed by atoms with Crippen molar-refractivity contribution in [3.05, 3.63) is 35.4 Å². The summed E-state index contributed by atoms with van der Waals surface area (Å²) < 4.78 is 4.96. The van der Waals surface area contributed by atoms with Crippen molar-refractivity contribution in [1.29, 1.82) is 0 Å². The molecule has 0 spiro atoms. The number of esters is 1. The van der Waals surface area contributed by atoms with E-state index in [4.69, 9.17) is 4.74 Å². The molecule has 1 atom stereocenters. The van der Waals surface area contributed by atoms with Crippen molar-refractivity contribution in [1.82, 2.24) is 5.32 Å². The van der Waals surface area contributed by atoms with Crippen LogP contribution in [-0.2, 0) is 15.3 Å². The van der Waals surface area contributed by atoms with E-state index < -0.39 is 5.54 Å². The summed E-state index contributed by atoms with van der Waals surface area (Å²) in [6.45, 7) is 4.08. The number of carbonyl (C=O) groups is 1. The first-order valence-corrected chi connectivity index (χ1v) is 8.68. The summed E-state index contributed by atoms with van der Waals surface area (Å²) in [4.78, 5) is 12.0. The Bertz CT molecular complexity index is 487. The van der Waals surface area contributed by atoms with Gasteiger partial charge in [-0.05, 0) is 44.4 Å². The minimum atomic E-state index is -0.546. The number of nitrogens with one attached hydrogen (secondary N) is 1. The van der Waals surface area contributed by atoms with E-state index in [-0.39, 0.29) is 5.97 Å². The van der Waals surface area contributed by atoms with Crippen LogP contribution in [0.2, 0.25) is 0 Å². The van der Waals surface area contributed by atoms with Crippen LogP contribution in [0.5, 0.6) is 0 Å². The summed E-state index contributed by atoms with van der Waals surface area (Å²) in [5.41, 5.74) is 2.09. The molecule has 0 bridgehead atoms. The minimum Gasteiger partial charge on any atom is -0.468 e. The molecule has 1 saturated carbocycles. The third-order valence-corrected chi connectivity index (χ3v) is 4.86. The van der Waals surface area contributed by atoms with E-state index in [1.807, 2.05) is 18.7 Å². The SMILES string of the molecule is COC(=O)C(C)(CCSCc1cccc(C)c1)NC1CC1. The smallest absolute Gasteiger partial charge is 0.325 e. The summed E-state index contributed by atoms with van der Waals surface area (Å²) in [5, 5.41) is 3.44. The standard InChI is InChI=1S/C17H25NO2S/c1-13-5-4-6-14(11-13)12-21-10-9-17(2,16(19)20-3)18-15-7-8-15/h4-6,11,15,18H,7-10,12H2,1-3H3. The van der Waals surface area contributed by atoms with E-state index in [1.54, 1.807) is 0 Å². The van der Waals surface area contributed by atoms with Crippen LogP contribution in [0.1, 0.15) is 37.3 Å². The molecule has 0 aliphatic heterocycles. The number of benzene rings is 1. The Kier molecular flexibility index (Phi) is 5.71. The van der Waals surface area contributed by atoms with E-state index in [2.05, 4.69) is 36.5 Å². The van der Waals surface area contributed by atoms with Crippen molar-refractivity contribution < 1.29 is 9.53 Å². The highest BCUT2D eigenvalue weighted by Crippen LogP contribution is 2.26. The number of hydrogen-bond acceptors (Lipinski definition) is 4. The van der Waals surface area contributed by atoms with Gasteiger partial charge in [0.05, 0.1) is 7.11 Å². The molecule has 1 aromatic carbocycles. The summed E-state index contributed by atoms with van der Waals surface area (Å²) in [6, 6.07) is 9.08. The first-order chi connectivity index (χ1) is 10.0. The largest absolute Gasteiger partial charge is 0.468 e. The van der Waals surface area contributed by atoms with Crippen LogP contribution in [0.4, 0.5) is 0 Å². The second kappa shape index (κ2) is 7.32. The van der Waals surface area contributed by atoms with Crippen molar-refractivity contribution in [3.63, 3.8) is 0 Å². The second-order valence-electron chi connectivity index (χ2n) is 6.03. The van der Waals surface area contributed by atoms with Crippen LogP contribution in [0.15, 0.2) is 24.3 Å². The topological polar surface area (TPSA) is 38.3 Å². The molecule has 1 aliphatic rings. The monoisotopic (exact) mass is 307 g/mol. The molecule has 0 radical (unpaired) electrons. The van der Waals surface area contributed by atoms with Gasteiger partial charge >= 0.3 is 5.97 Å². The van der Waals surface area contributed by atoms with Crippen molar-refractivity contribution in [2.24, 2.45) is 0 Å². The average molecular weight is 307 g/mol. The Morgan fingerprint density at radius 2 is 2.24 bits per heavy atom. The van der Waals surface area contributed by atoms with Crippen LogP contribution in [0, 0.1) is 6.92 Å². The minimum absolute atomic E-state index is 0.148. The molecule has 116 valence electrons. The van der Waals surface area contributed by atoms with Gasteiger partial charge in [0.25, 0.3) is 0 Å². The van der Waals surface area contributed by atoms with Gasteiger partial charge in [0.1, 0.15) is 5.54 Å². The molecule has 0 amide bonds. The number of methoxy groups -OCH3 is 1. The van der Waals surface area contributed by atoms with Gasteiger partial charge < -0.3 is 4.74 Å². The van der Waals surface area contributed by atoms with Crippen molar-refractivity contribution in [2.75, 3.05) is 12.9 Å². The first kappa shape index (κ1) is 16.4. The van der Waals surface area contributed by atoms with Gasteiger partial charge in [-0.1, -0.05) is 29.8 Å². The first-order valence-electron chi connectivity index (χ1n) is 7.53. The molecular formula is C17H25NO2S. The van der Waals surface area contributed by atoms with Gasteiger partial charge in [-0.2, -0.15) is 11.8 Å². The van der Waals surface area contributed by atoms with Crippen LogP contribution < -0.4 is 5.32 Å². The fraction of sp³-hybridized carbons (Fsp3) is 0.588. The average Bonchev–Trinajstić information content (AvgIpc) is 3.26. The number of rotatable bonds is 8. The third-order valence-electron chi connectivity index (χ3n) is 3.83. The lowest BCUT2D eigenvalue weighted by atomic mass is 9.99. The molecule has 1 unspecified atom stereocenters.